The van der Waals surface area contributed by atoms with Gasteiger partial charge in [0.2, 0.25) is 0 Å². The van der Waals surface area contributed by atoms with Gasteiger partial charge in [-0.2, -0.15) is 0 Å². The summed E-state index contributed by atoms with van der Waals surface area (Å²) in [5, 5.41) is 5.11. The predicted octanol–water partition coefficient (Wildman–Crippen LogP) is 3.49. The second-order valence-electron chi connectivity index (χ2n) is 5.41. The van der Waals surface area contributed by atoms with Crippen LogP contribution in [0.25, 0.3) is 0 Å². The minimum atomic E-state index is 0.361. The zero-order chi connectivity index (χ0) is 11.4. The van der Waals surface area contributed by atoms with Gasteiger partial charge >= 0.3 is 0 Å². The molecule has 0 unspecified atom stereocenters. The van der Waals surface area contributed by atoms with E-state index >= 15 is 0 Å². The molecule has 1 aliphatic heterocycles. The first-order valence-electron chi connectivity index (χ1n) is 6.32. The molecule has 0 spiro atoms. The summed E-state index contributed by atoms with van der Waals surface area (Å²) in [4.78, 5) is 5.66. The third-order valence-corrected chi connectivity index (χ3v) is 4.82. The van der Waals surface area contributed by atoms with E-state index in [2.05, 4.69) is 17.3 Å². The number of halogens is 1. The van der Waals surface area contributed by atoms with Crippen molar-refractivity contribution >= 4 is 17.3 Å². The fraction of sp³-hybridized carbons (Fsp3) is 0.500. The highest BCUT2D eigenvalue weighted by Crippen LogP contribution is 2.53. The molecular formula is C14H14ClNO. The van der Waals surface area contributed by atoms with Gasteiger partial charge in [-0.05, 0) is 48.8 Å². The average Bonchev–Trinajstić information content (AvgIpc) is 3.02. The quantitative estimate of drug-likeness (QED) is 0.745. The Morgan fingerprint density at radius 1 is 1.12 bits per heavy atom. The third kappa shape index (κ3) is 1.37. The number of oxime groups is 1. The van der Waals surface area contributed by atoms with Gasteiger partial charge in [-0.3, -0.25) is 0 Å². The SMILES string of the molecule is Clc1ccc(C2=NO[C@@H]3[C@H]4CC[C@H](C4)[C@H]23)cc1. The summed E-state index contributed by atoms with van der Waals surface area (Å²) in [6.07, 6.45) is 4.37. The van der Waals surface area contributed by atoms with E-state index in [0.717, 1.165) is 22.6 Å². The maximum atomic E-state index is 5.92. The molecule has 2 fully saturated rings. The van der Waals surface area contributed by atoms with E-state index in [-0.39, 0.29) is 0 Å². The summed E-state index contributed by atoms with van der Waals surface area (Å²) in [5.41, 5.74) is 2.33. The standard InChI is InChI=1S/C14H14ClNO/c15-11-5-3-8(4-6-11)13-12-9-1-2-10(7-9)14(12)17-16-13/h3-6,9-10,12,14H,1-2,7H2/t9-,10+,12-,14-/m1/s1. The molecule has 0 aromatic heterocycles. The average molecular weight is 248 g/mol. The molecule has 2 saturated carbocycles. The van der Waals surface area contributed by atoms with Crippen LogP contribution in [0, 0.1) is 17.8 Å². The van der Waals surface area contributed by atoms with E-state index in [1.165, 1.54) is 24.8 Å². The van der Waals surface area contributed by atoms with Crippen LogP contribution in [0.5, 0.6) is 0 Å². The summed E-state index contributed by atoms with van der Waals surface area (Å²) in [6, 6.07) is 7.97. The van der Waals surface area contributed by atoms with Crippen molar-refractivity contribution in [2.24, 2.45) is 22.9 Å². The van der Waals surface area contributed by atoms with Crippen molar-refractivity contribution in [3.05, 3.63) is 34.9 Å². The highest BCUT2D eigenvalue weighted by atomic mass is 35.5. The summed E-state index contributed by atoms with van der Waals surface area (Å²) in [6.45, 7) is 0. The smallest absolute Gasteiger partial charge is 0.139 e. The number of rotatable bonds is 1. The molecule has 0 radical (unpaired) electrons. The molecule has 17 heavy (non-hydrogen) atoms. The minimum Gasteiger partial charge on any atom is -0.391 e. The zero-order valence-corrected chi connectivity index (χ0v) is 10.2. The van der Waals surface area contributed by atoms with Crippen molar-refractivity contribution in [3.8, 4) is 0 Å². The predicted molar refractivity (Wildman–Crippen MR) is 67.2 cm³/mol. The van der Waals surface area contributed by atoms with Crippen LogP contribution in [0.4, 0.5) is 0 Å². The molecule has 4 rings (SSSR count). The van der Waals surface area contributed by atoms with Crippen LogP contribution in [-0.2, 0) is 4.84 Å². The van der Waals surface area contributed by atoms with Crippen molar-refractivity contribution in [2.45, 2.75) is 25.4 Å². The third-order valence-electron chi connectivity index (χ3n) is 4.57. The van der Waals surface area contributed by atoms with Crippen molar-refractivity contribution < 1.29 is 4.84 Å². The first-order valence-corrected chi connectivity index (χ1v) is 6.70. The summed E-state index contributed by atoms with van der Waals surface area (Å²) in [7, 11) is 0. The van der Waals surface area contributed by atoms with Crippen LogP contribution >= 0.6 is 11.6 Å². The maximum absolute atomic E-state index is 5.92. The second-order valence-corrected chi connectivity index (χ2v) is 5.85. The molecule has 88 valence electrons. The highest BCUT2D eigenvalue weighted by molar-refractivity contribution is 6.30. The lowest BCUT2D eigenvalue weighted by molar-refractivity contribution is 0.0275. The number of hydrogen-bond acceptors (Lipinski definition) is 2. The normalized spacial score (nSPS) is 37.8. The van der Waals surface area contributed by atoms with Crippen molar-refractivity contribution in [1.29, 1.82) is 0 Å². The van der Waals surface area contributed by atoms with E-state index < -0.39 is 0 Å². The first kappa shape index (κ1) is 9.95. The van der Waals surface area contributed by atoms with Crippen LogP contribution in [0.2, 0.25) is 5.02 Å². The van der Waals surface area contributed by atoms with Crippen LogP contribution in [0.1, 0.15) is 24.8 Å². The first-order chi connectivity index (χ1) is 8.33. The summed E-state index contributed by atoms with van der Waals surface area (Å²) in [5.74, 6) is 2.08. The van der Waals surface area contributed by atoms with Gasteiger partial charge in [0.15, 0.2) is 0 Å². The molecule has 2 aliphatic carbocycles. The molecule has 1 heterocycles. The second kappa shape index (κ2) is 3.49. The minimum absolute atomic E-state index is 0.361. The van der Waals surface area contributed by atoms with Crippen molar-refractivity contribution in [1.82, 2.24) is 0 Å². The van der Waals surface area contributed by atoms with E-state index in [9.17, 15) is 0 Å². The van der Waals surface area contributed by atoms with Crippen LogP contribution in [0.15, 0.2) is 29.4 Å². The molecule has 3 aliphatic rings. The Bertz CT molecular complexity index is 482. The van der Waals surface area contributed by atoms with E-state index in [0.29, 0.717) is 12.0 Å². The summed E-state index contributed by atoms with van der Waals surface area (Å²) >= 11 is 5.92. The van der Waals surface area contributed by atoms with Crippen molar-refractivity contribution in [2.75, 3.05) is 0 Å². The molecule has 2 nitrogen and oxygen atoms in total. The Kier molecular flexibility index (Phi) is 2.04. The maximum Gasteiger partial charge on any atom is 0.139 e. The van der Waals surface area contributed by atoms with E-state index in [1.807, 2.05) is 12.1 Å². The van der Waals surface area contributed by atoms with Gasteiger partial charge in [0.1, 0.15) is 6.10 Å². The van der Waals surface area contributed by atoms with Crippen LogP contribution in [0.3, 0.4) is 0 Å². The molecule has 0 N–H and O–H groups in total. The lowest BCUT2D eigenvalue weighted by atomic mass is 9.81. The Labute approximate surface area is 106 Å². The Hall–Kier alpha value is -1.02. The van der Waals surface area contributed by atoms with Gasteiger partial charge in [-0.25, -0.2) is 0 Å². The monoisotopic (exact) mass is 247 g/mol. The van der Waals surface area contributed by atoms with Gasteiger partial charge in [0.25, 0.3) is 0 Å². The number of fused-ring (bicyclic) bond motifs is 5. The van der Waals surface area contributed by atoms with Gasteiger partial charge in [0.05, 0.1) is 5.71 Å². The van der Waals surface area contributed by atoms with Crippen molar-refractivity contribution in [3.63, 3.8) is 0 Å². The van der Waals surface area contributed by atoms with E-state index in [4.69, 9.17) is 16.4 Å². The van der Waals surface area contributed by atoms with Gasteiger partial charge in [0, 0.05) is 10.9 Å². The Balaban J connectivity index is 1.69. The van der Waals surface area contributed by atoms with Gasteiger partial charge < -0.3 is 4.84 Å². The molecule has 3 heteroatoms. The Morgan fingerprint density at radius 3 is 2.71 bits per heavy atom. The van der Waals surface area contributed by atoms with Crippen LogP contribution < -0.4 is 0 Å². The largest absolute Gasteiger partial charge is 0.391 e. The van der Waals surface area contributed by atoms with E-state index in [1.54, 1.807) is 0 Å². The fourth-order valence-corrected chi connectivity index (χ4v) is 3.94. The molecular weight excluding hydrogens is 234 g/mol. The number of benzene rings is 1. The van der Waals surface area contributed by atoms with Crippen LogP contribution in [-0.4, -0.2) is 11.8 Å². The highest BCUT2D eigenvalue weighted by Gasteiger charge is 2.54. The zero-order valence-electron chi connectivity index (χ0n) is 9.47. The Morgan fingerprint density at radius 2 is 1.88 bits per heavy atom. The van der Waals surface area contributed by atoms with Gasteiger partial charge in [-0.15, -0.1) is 0 Å². The lowest BCUT2D eigenvalue weighted by Crippen LogP contribution is -2.29. The molecule has 0 amide bonds. The fourth-order valence-electron chi connectivity index (χ4n) is 3.81. The van der Waals surface area contributed by atoms with Gasteiger partial charge in [-0.1, -0.05) is 28.9 Å². The molecule has 2 bridgehead atoms. The molecule has 0 saturated heterocycles. The number of hydrogen-bond donors (Lipinski definition) is 0. The topological polar surface area (TPSA) is 21.6 Å². The molecule has 4 atom stereocenters. The molecule has 1 aromatic carbocycles. The number of nitrogens with zero attached hydrogens (tertiary/aromatic N) is 1. The summed E-state index contributed by atoms with van der Waals surface area (Å²) < 4.78 is 0. The lowest BCUT2D eigenvalue weighted by Gasteiger charge is -2.23. The molecule has 1 aromatic rings.